The van der Waals surface area contributed by atoms with E-state index in [0.29, 0.717) is 31.9 Å². The van der Waals surface area contributed by atoms with Crippen LogP contribution in [0.1, 0.15) is 12.5 Å². The van der Waals surface area contributed by atoms with Crippen LogP contribution in [0.25, 0.3) is 0 Å². The third-order valence-corrected chi connectivity index (χ3v) is 7.50. The number of hydrogen-bond acceptors (Lipinski definition) is 7. The number of carbonyl (C=O) groups excluding carboxylic acids is 1. The number of halogens is 1. The fourth-order valence-corrected chi connectivity index (χ4v) is 5.41. The Labute approximate surface area is 198 Å². The topological polar surface area (TPSA) is 97.4 Å². The van der Waals surface area contributed by atoms with E-state index in [-0.39, 0.29) is 22.6 Å². The first kappa shape index (κ1) is 23.6. The highest BCUT2D eigenvalue weighted by molar-refractivity contribution is 7.89. The highest BCUT2D eigenvalue weighted by Crippen LogP contribution is 2.33. The number of rotatable bonds is 7. The van der Waals surface area contributed by atoms with Gasteiger partial charge in [-0.2, -0.15) is 4.72 Å². The quantitative estimate of drug-likeness (QED) is 0.628. The van der Waals surface area contributed by atoms with Gasteiger partial charge >= 0.3 is 0 Å². The first-order chi connectivity index (χ1) is 15.8. The van der Waals surface area contributed by atoms with E-state index < -0.39 is 16.1 Å². The van der Waals surface area contributed by atoms with Crippen LogP contribution in [0.2, 0.25) is 5.02 Å². The first-order valence-corrected chi connectivity index (χ1v) is 12.4. The molecule has 2 heterocycles. The van der Waals surface area contributed by atoms with Gasteiger partial charge in [0.2, 0.25) is 22.7 Å². The van der Waals surface area contributed by atoms with Gasteiger partial charge in [-0.1, -0.05) is 17.7 Å². The van der Waals surface area contributed by atoms with Gasteiger partial charge in [-0.25, -0.2) is 8.42 Å². The van der Waals surface area contributed by atoms with Crippen molar-refractivity contribution in [3.05, 3.63) is 47.0 Å². The minimum absolute atomic E-state index is 0.0264. The van der Waals surface area contributed by atoms with E-state index in [2.05, 4.69) is 9.62 Å². The van der Waals surface area contributed by atoms with E-state index in [4.69, 9.17) is 25.8 Å². The van der Waals surface area contributed by atoms with Crippen LogP contribution in [0.15, 0.2) is 41.3 Å². The van der Waals surface area contributed by atoms with Crippen LogP contribution < -0.4 is 18.9 Å². The first-order valence-electron chi connectivity index (χ1n) is 10.5. The zero-order chi connectivity index (χ0) is 23.6. The van der Waals surface area contributed by atoms with Gasteiger partial charge in [-0.05, 0) is 42.8 Å². The van der Waals surface area contributed by atoms with E-state index >= 15 is 0 Å². The van der Waals surface area contributed by atoms with E-state index in [0.717, 1.165) is 23.6 Å². The molecule has 2 aromatic carbocycles. The second kappa shape index (κ2) is 9.76. The summed E-state index contributed by atoms with van der Waals surface area (Å²) >= 11 is 6.05. The molecule has 1 saturated heterocycles. The van der Waals surface area contributed by atoms with Crippen molar-refractivity contribution < 1.29 is 27.4 Å². The van der Waals surface area contributed by atoms with E-state index in [1.54, 1.807) is 11.8 Å². The van der Waals surface area contributed by atoms with Crippen molar-refractivity contribution in [3.8, 4) is 17.2 Å². The van der Waals surface area contributed by atoms with Crippen LogP contribution in [0.3, 0.4) is 0 Å². The highest BCUT2D eigenvalue weighted by Gasteiger charge is 2.29. The summed E-state index contributed by atoms with van der Waals surface area (Å²) in [5.41, 5.74) is 1.11. The molecule has 2 aliphatic heterocycles. The van der Waals surface area contributed by atoms with Crippen molar-refractivity contribution in [1.29, 1.82) is 0 Å². The molecule has 0 spiro atoms. The number of carbonyl (C=O) groups is 1. The Bertz CT molecular complexity index is 1130. The SMILES string of the molecule is COc1ccc(S(=O)(=O)N[C@@H](C)C(=O)N2CCN(Cc3ccc4c(c3)OCO4)CC2)cc1Cl. The number of nitrogens with one attached hydrogen (secondary N) is 1. The maximum absolute atomic E-state index is 12.9. The molecule has 178 valence electrons. The average molecular weight is 496 g/mol. The van der Waals surface area contributed by atoms with E-state index in [1.807, 2.05) is 18.2 Å². The van der Waals surface area contributed by atoms with Gasteiger partial charge in [0.05, 0.1) is 23.1 Å². The van der Waals surface area contributed by atoms with Crippen molar-refractivity contribution in [2.75, 3.05) is 40.1 Å². The molecule has 0 saturated carbocycles. The lowest BCUT2D eigenvalue weighted by Gasteiger charge is -2.36. The Morgan fingerprint density at radius 3 is 2.55 bits per heavy atom. The summed E-state index contributed by atoms with van der Waals surface area (Å²) in [5, 5.41) is 0.179. The predicted octanol–water partition coefficient (Wildman–Crippen LogP) is 2.09. The molecule has 0 radical (unpaired) electrons. The summed E-state index contributed by atoms with van der Waals surface area (Å²) in [6.45, 7) is 4.94. The van der Waals surface area contributed by atoms with Gasteiger partial charge in [0.1, 0.15) is 5.75 Å². The molecule has 1 amide bonds. The molecule has 0 aliphatic carbocycles. The molecular formula is C22H26ClN3O6S. The van der Waals surface area contributed by atoms with E-state index in [9.17, 15) is 13.2 Å². The molecule has 11 heteroatoms. The van der Waals surface area contributed by atoms with Crippen molar-refractivity contribution in [2.24, 2.45) is 0 Å². The van der Waals surface area contributed by atoms with Crippen molar-refractivity contribution >= 4 is 27.5 Å². The third-order valence-electron chi connectivity index (χ3n) is 5.66. The van der Waals surface area contributed by atoms with Crippen LogP contribution >= 0.6 is 11.6 Å². The normalized spacial score (nSPS) is 17.1. The predicted molar refractivity (Wildman–Crippen MR) is 122 cm³/mol. The number of amides is 1. The fraction of sp³-hybridized carbons (Fsp3) is 0.409. The molecule has 1 fully saturated rings. The minimum atomic E-state index is -3.92. The van der Waals surface area contributed by atoms with Gasteiger partial charge in [0.15, 0.2) is 11.5 Å². The number of nitrogens with zero attached hydrogens (tertiary/aromatic N) is 2. The molecule has 2 aliphatic rings. The number of hydrogen-bond donors (Lipinski definition) is 1. The van der Waals surface area contributed by atoms with Gasteiger partial charge < -0.3 is 19.1 Å². The molecule has 1 N–H and O–H groups in total. The molecule has 9 nitrogen and oxygen atoms in total. The zero-order valence-corrected chi connectivity index (χ0v) is 20.0. The summed E-state index contributed by atoms with van der Waals surface area (Å²) < 4.78 is 43.7. The molecule has 0 bridgehead atoms. The lowest BCUT2D eigenvalue weighted by Crippen LogP contribution is -2.53. The highest BCUT2D eigenvalue weighted by atomic mass is 35.5. The van der Waals surface area contributed by atoms with Crippen LogP contribution in [-0.4, -0.2) is 70.2 Å². The Morgan fingerprint density at radius 2 is 1.85 bits per heavy atom. The van der Waals surface area contributed by atoms with Crippen LogP contribution in [0.5, 0.6) is 17.2 Å². The monoisotopic (exact) mass is 495 g/mol. The minimum Gasteiger partial charge on any atom is -0.495 e. The lowest BCUT2D eigenvalue weighted by molar-refractivity contribution is -0.134. The molecular weight excluding hydrogens is 470 g/mol. The molecule has 0 unspecified atom stereocenters. The van der Waals surface area contributed by atoms with Gasteiger partial charge in [-0.15, -0.1) is 0 Å². The summed E-state index contributed by atoms with van der Waals surface area (Å²) in [5.74, 6) is 1.61. The van der Waals surface area contributed by atoms with Crippen LogP contribution in [-0.2, 0) is 21.4 Å². The maximum Gasteiger partial charge on any atom is 0.241 e. The standard InChI is InChI=1S/C22H26ClN3O6S/c1-15(24-33(28,29)17-4-6-19(30-2)18(23)12-17)22(27)26-9-7-25(8-10-26)13-16-3-5-20-21(11-16)32-14-31-20/h3-6,11-12,15,24H,7-10,13-14H2,1-2H3/t15-/m0/s1. The lowest BCUT2D eigenvalue weighted by atomic mass is 10.1. The molecule has 1 atom stereocenters. The fourth-order valence-electron chi connectivity index (χ4n) is 3.86. The van der Waals surface area contributed by atoms with Crippen molar-refractivity contribution in [1.82, 2.24) is 14.5 Å². The Kier molecular flexibility index (Phi) is 6.99. The van der Waals surface area contributed by atoms with Crippen LogP contribution in [0, 0.1) is 0 Å². The number of sulfonamides is 1. The molecule has 33 heavy (non-hydrogen) atoms. The zero-order valence-electron chi connectivity index (χ0n) is 18.4. The smallest absolute Gasteiger partial charge is 0.241 e. The third kappa shape index (κ3) is 5.35. The second-order valence-corrected chi connectivity index (χ2v) is 10.0. The Hall–Kier alpha value is -2.53. The van der Waals surface area contributed by atoms with Gasteiger partial charge in [0.25, 0.3) is 0 Å². The Morgan fingerprint density at radius 1 is 1.12 bits per heavy atom. The molecule has 0 aromatic heterocycles. The van der Waals surface area contributed by atoms with Crippen LogP contribution in [0.4, 0.5) is 0 Å². The number of benzene rings is 2. The second-order valence-electron chi connectivity index (χ2n) is 7.93. The summed E-state index contributed by atoms with van der Waals surface area (Å²) in [4.78, 5) is 16.8. The Balaban J connectivity index is 1.31. The number of ether oxygens (including phenoxy) is 3. The maximum atomic E-state index is 12.9. The van der Waals surface area contributed by atoms with E-state index in [1.165, 1.54) is 25.3 Å². The van der Waals surface area contributed by atoms with Crippen molar-refractivity contribution in [2.45, 2.75) is 24.4 Å². The number of piperazine rings is 1. The van der Waals surface area contributed by atoms with Crippen molar-refractivity contribution in [3.63, 3.8) is 0 Å². The molecule has 2 aromatic rings. The average Bonchev–Trinajstić information content (AvgIpc) is 3.26. The summed E-state index contributed by atoms with van der Waals surface area (Å²) in [7, 11) is -2.47. The van der Waals surface area contributed by atoms with Gasteiger partial charge in [-0.3, -0.25) is 9.69 Å². The summed E-state index contributed by atoms with van der Waals surface area (Å²) in [6.07, 6.45) is 0. The van der Waals surface area contributed by atoms with Gasteiger partial charge in [0, 0.05) is 32.7 Å². The largest absolute Gasteiger partial charge is 0.495 e. The summed E-state index contributed by atoms with van der Waals surface area (Å²) in [6, 6.07) is 9.14. The molecule has 4 rings (SSSR count). The number of fused-ring (bicyclic) bond motifs is 1. The number of methoxy groups -OCH3 is 1.